The van der Waals surface area contributed by atoms with E-state index in [9.17, 15) is 14.4 Å². The molecular formula is C29H25N5O6S. The van der Waals surface area contributed by atoms with Gasteiger partial charge in [0.05, 0.1) is 25.0 Å². The van der Waals surface area contributed by atoms with E-state index in [1.165, 1.54) is 4.90 Å². The number of ether oxygens (including phenoxy) is 3. The maximum absolute atomic E-state index is 13.5. The lowest BCUT2D eigenvalue weighted by atomic mass is 10.1. The number of nitrogens with zero attached hydrogens (tertiary/aromatic N) is 3. The number of carbonyl (C=O) groups excluding carboxylic acids is 3. The molecule has 11 nitrogen and oxygen atoms in total. The molecule has 3 aromatic carbocycles. The molecular weight excluding hydrogens is 546 g/mol. The van der Waals surface area contributed by atoms with Crippen LogP contribution in [0.2, 0.25) is 0 Å². The van der Waals surface area contributed by atoms with E-state index in [1.54, 1.807) is 37.4 Å². The molecule has 1 unspecified atom stereocenters. The van der Waals surface area contributed by atoms with Gasteiger partial charge in [-0.25, -0.2) is 9.89 Å². The summed E-state index contributed by atoms with van der Waals surface area (Å²) in [7, 11) is 1.55. The summed E-state index contributed by atoms with van der Waals surface area (Å²) in [4.78, 5) is 49.7. The van der Waals surface area contributed by atoms with Gasteiger partial charge < -0.3 is 24.8 Å². The van der Waals surface area contributed by atoms with Crippen molar-refractivity contribution in [2.75, 3.05) is 25.0 Å². The quantitative estimate of drug-likeness (QED) is 0.423. The largest absolute Gasteiger partial charge is 0.497 e. The van der Waals surface area contributed by atoms with Gasteiger partial charge in [-0.3, -0.25) is 19.4 Å². The van der Waals surface area contributed by atoms with Crippen LogP contribution in [0.3, 0.4) is 0 Å². The van der Waals surface area contributed by atoms with Crippen molar-refractivity contribution >= 4 is 51.9 Å². The van der Waals surface area contributed by atoms with Gasteiger partial charge in [-0.2, -0.15) is 0 Å². The zero-order chi connectivity index (χ0) is 28.3. The van der Waals surface area contributed by atoms with Crippen LogP contribution in [0.4, 0.5) is 11.4 Å². The first-order chi connectivity index (χ1) is 20.0. The highest BCUT2D eigenvalue weighted by Gasteiger charge is 2.42. The van der Waals surface area contributed by atoms with E-state index in [2.05, 4.69) is 20.6 Å². The summed E-state index contributed by atoms with van der Waals surface area (Å²) >= 11 is 1.12. The average Bonchev–Trinajstić information content (AvgIpc) is 3.59. The van der Waals surface area contributed by atoms with Crippen molar-refractivity contribution in [2.45, 2.75) is 19.0 Å². The number of anilines is 1. The zero-order valence-corrected chi connectivity index (χ0v) is 22.8. The molecule has 208 valence electrons. The highest BCUT2D eigenvalue weighted by atomic mass is 32.2. The summed E-state index contributed by atoms with van der Waals surface area (Å²) in [6.07, 6.45) is -0.125. The molecule has 0 fully saturated rings. The number of amidine groups is 2. The standard InChI is InChI=1S/C29H25N5O6S/c1-38-19-6-4-5-18(12-19)31-26(36)15-41-29-33-21-8-3-2-7-20(21)27-32-22(28(37)34(27)29)13-25(35)30-14-17-9-10-23-24(11-17)40-16-39-23/h2-12,22H,13-16H2,1H3,(H,30,35)(H,31,36). The highest BCUT2D eigenvalue weighted by molar-refractivity contribution is 8.14. The van der Waals surface area contributed by atoms with E-state index in [0.29, 0.717) is 45.2 Å². The number of benzene rings is 3. The van der Waals surface area contributed by atoms with Gasteiger partial charge in [0.1, 0.15) is 17.6 Å². The van der Waals surface area contributed by atoms with Gasteiger partial charge in [0, 0.05) is 23.9 Å². The topological polar surface area (TPSA) is 131 Å². The third-order valence-electron chi connectivity index (χ3n) is 6.54. The maximum atomic E-state index is 13.5. The van der Waals surface area contributed by atoms with Crippen molar-refractivity contribution in [3.63, 3.8) is 0 Å². The molecule has 0 saturated carbocycles. The van der Waals surface area contributed by atoms with Gasteiger partial charge in [-0.15, -0.1) is 0 Å². The van der Waals surface area contributed by atoms with Crippen LogP contribution < -0.4 is 24.8 Å². The molecule has 0 radical (unpaired) electrons. The number of hydrogen-bond acceptors (Lipinski definition) is 9. The Morgan fingerprint density at radius 1 is 1.05 bits per heavy atom. The number of methoxy groups -OCH3 is 1. The summed E-state index contributed by atoms with van der Waals surface area (Å²) in [5.74, 6) is 1.39. The Balaban J connectivity index is 1.12. The van der Waals surface area contributed by atoms with Crippen molar-refractivity contribution in [2.24, 2.45) is 9.98 Å². The molecule has 3 aromatic rings. The number of fused-ring (bicyclic) bond motifs is 4. The minimum absolute atomic E-state index is 0.00988. The number of aliphatic imine (C=N–C) groups is 2. The second kappa shape index (κ2) is 11.3. The molecule has 3 aliphatic rings. The Morgan fingerprint density at radius 2 is 1.90 bits per heavy atom. The predicted octanol–water partition coefficient (Wildman–Crippen LogP) is 3.46. The lowest BCUT2D eigenvalue weighted by Crippen LogP contribution is -2.42. The number of nitrogens with one attached hydrogen (secondary N) is 2. The van der Waals surface area contributed by atoms with E-state index in [1.807, 2.05) is 36.4 Å². The van der Waals surface area contributed by atoms with Gasteiger partial charge >= 0.3 is 0 Å². The number of amides is 3. The minimum Gasteiger partial charge on any atom is -0.497 e. The Morgan fingerprint density at radius 3 is 2.78 bits per heavy atom. The molecule has 41 heavy (non-hydrogen) atoms. The lowest BCUT2D eigenvalue weighted by molar-refractivity contribution is -0.128. The van der Waals surface area contributed by atoms with Crippen molar-refractivity contribution in [3.05, 3.63) is 77.9 Å². The molecule has 2 N–H and O–H groups in total. The van der Waals surface area contributed by atoms with Crippen molar-refractivity contribution in [1.29, 1.82) is 0 Å². The fourth-order valence-corrected chi connectivity index (χ4v) is 5.36. The van der Waals surface area contributed by atoms with Crippen LogP contribution in [0.15, 0.2) is 76.7 Å². The Labute approximate surface area is 239 Å². The maximum Gasteiger partial charge on any atom is 0.259 e. The first kappa shape index (κ1) is 26.4. The van der Waals surface area contributed by atoms with Crippen LogP contribution in [0.5, 0.6) is 17.2 Å². The summed E-state index contributed by atoms with van der Waals surface area (Å²) in [5, 5.41) is 6.00. The van der Waals surface area contributed by atoms with E-state index >= 15 is 0 Å². The van der Waals surface area contributed by atoms with Crippen LogP contribution in [0.1, 0.15) is 17.5 Å². The lowest BCUT2D eigenvalue weighted by Gasteiger charge is -2.25. The summed E-state index contributed by atoms with van der Waals surface area (Å²) in [5.41, 5.74) is 2.77. The van der Waals surface area contributed by atoms with Gasteiger partial charge in [-0.05, 0) is 42.0 Å². The van der Waals surface area contributed by atoms with Crippen LogP contribution >= 0.6 is 11.8 Å². The normalized spacial score (nSPS) is 16.4. The predicted molar refractivity (Wildman–Crippen MR) is 154 cm³/mol. The fraction of sp³-hybridized carbons (Fsp3) is 0.207. The van der Waals surface area contributed by atoms with Crippen molar-refractivity contribution in [3.8, 4) is 17.2 Å². The number of para-hydroxylation sites is 1. The molecule has 0 bridgehead atoms. The van der Waals surface area contributed by atoms with E-state index in [-0.39, 0.29) is 43.2 Å². The van der Waals surface area contributed by atoms with E-state index in [4.69, 9.17) is 14.2 Å². The molecule has 3 aliphatic heterocycles. The van der Waals surface area contributed by atoms with Crippen molar-refractivity contribution < 1.29 is 28.6 Å². The monoisotopic (exact) mass is 571 g/mol. The third kappa shape index (κ3) is 5.59. The summed E-state index contributed by atoms with van der Waals surface area (Å²) in [6, 6.07) is 18.9. The van der Waals surface area contributed by atoms with Crippen molar-refractivity contribution in [1.82, 2.24) is 10.2 Å². The van der Waals surface area contributed by atoms with Crippen LogP contribution in [0, 0.1) is 0 Å². The summed E-state index contributed by atoms with van der Waals surface area (Å²) < 4.78 is 15.9. The molecule has 12 heteroatoms. The average molecular weight is 572 g/mol. The third-order valence-corrected chi connectivity index (χ3v) is 7.48. The minimum atomic E-state index is -0.913. The SMILES string of the molecule is COc1cccc(NC(=O)CSC2=Nc3ccccc3C3=NC(CC(=O)NCc4ccc5c(c4)OCO5)C(=O)N23)c1. The number of rotatable bonds is 8. The number of carbonyl (C=O) groups is 3. The van der Waals surface area contributed by atoms with Crippen LogP contribution in [-0.4, -0.2) is 59.3 Å². The van der Waals surface area contributed by atoms with Gasteiger partial charge in [-0.1, -0.05) is 36.0 Å². The first-order valence-corrected chi connectivity index (χ1v) is 13.8. The fourth-order valence-electron chi connectivity index (χ4n) is 4.56. The molecule has 3 amide bonds. The number of thioether (sulfide) groups is 1. The Kier molecular flexibility index (Phi) is 7.30. The molecule has 3 heterocycles. The van der Waals surface area contributed by atoms with Crippen LogP contribution in [0.25, 0.3) is 0 Å². The smallest absolute Gasteiger partial charge is 0.259 e. The molecule has 1 atom stereocenters. The highest BCUT2D eigenvalue weighted by Crippen LogP contribution is 2.35. The van der Waals surface area contributed by atoms with Crippen LogP contribution in [-0.2, 0) is 20.9 Å². The zero-order valence-electron chi connectivity index (χ0n) is 22.0. The molecule has 0 saturated heterocycles. The van der Waals surface area contributed by atoms with E-state index < -0.39 is 6.04 Å². The Bertz CT molecular complexity index is 1610. The van der Waals surface area contributed by atoms with Gasteiger partial charge in [0.2, 0.25) is 18.6 Å². The molecule has 0 aliphatic carbocycles. The number of hydrogen-bond donors (Lipinski definition) is 2. The first-order valence-electron chi connectivity index (χ1n) is 12.8. The van der Waals surface area contributed by atoms with E-state index in [0.717, 1.165) is 17.3 Å². The van der Waals surface area contributed by atoms with Gasteiger partial charge in [0.15, 0.2) is 16.7 Å². The Hall–Kier alpha value is -4.84. The summed E-state index contributed by atoms with van der Waals surface area (Å²) in [6.45, 7) is 0.440. The molecule has 6 rings (SSSR count). The second-order valence-electron chi connectivity index (χ2n) is 9.29. The molecule has 0 spiro atoms. The van der Waals surface area contributed by atoms with Gasteiger partial charge in [0.25, 0.3) is 5.91 Å². The molecule has 0 aromatic heterocycles. The second-order valence-corrected chi connectivity index (χ2v) is 10.2.